The van der Waals surface area contributed by atoms with Gasteiger partial charge in [0.05, 0.1) is 16.3 Å². The lowest BCUT2D eigenvalue weighted by molar-refractivity contribution is 0.594. The van der Waals surface area contributed by atoms with Gasteiger partial charge in [-0.1, -0.05) is 24.3 Å². The second-order valence-electron chi connectivity index (χ2n) is 5.44. The highest BCUT2D eigenvalue weighted by molar-refractivity contribution is 7.99. The van der Waals surface area contributed by atoms with Gasteiger partial charge in [-0.05, 0) is 36.6 Å². The van der Waals surface area contributed by atoms with Crippen molar-refractivity contribution in [1.29, 1.82) is 0 Å². The van der Waals surface area contributed by atoms with Crippen molar-refractivity contribution >= 4 is 27.2 Å². The van der Waals surface area contributed by atoms with E-state index in [9.17, 15) is 8.42 Å². The average molecular weight is 382 g/mol. The minimum absolute atomic E-state index is 0.119. The van der Waals surface area contributed by atoms with Gasteiger partial charge in [-0.2, -0.15) is 5.10 Å². The second kappa shape index (κ2) is 6.54. The first-order valence-corrected chi connectivity index (χ1v) is 10.5. The molecule has 0 fully saturated rings. The topological polar surface area (TPSA) is 77.2 Å². The molecule has 3 heterocycles. The van der Waals surface area contributed by atoms with Crippen molar-refractivity contribution in [2.24, 2.45) is 0 Å². The molecule has 1 aromatic carbocycles. The highest BCUT2D eigenvalue weighted by Crippen LogP contribution is 2.33. The molecule has 130 valence electrons. The molecule has 0 amide bonds. The van der Waals surface area contributed by atoms with Crippen LogP contribution in [0.5, 0.6) is 0 Å². The minimum Gasteiger partial charge on any atom is -0.255 e. The van der Waals surface area contributed by atoms with Crippen LogP contribution in [0, 0.1) is 0 Å². The van der Waals surface area contributed by atoms with Crippen molar-refractivity contribution in [3.63, 3.8) is 0 Å². The van der Waals surface area contributed by atoms with Crippen molar-refractivity contribution < 1.29 is 8.42 Å². The van der Waals surface area contributed by atoms with Crippen molar-refractivity contribution in [3.05, 3.63) is 67.0 Å². The molecule has 0 saturated carbocycles. The summed E-state index contributed by atoms with van der Waals surface area (Å²) in [5.41, 5.74) is 1.67. The zero-order valence-electron chi connectivity index (χ0n) is 13.8. The van der Waals surface area contributed by atoms with Crippen molar-refractivity contribution in [2.45, 2.75) is 14.8 Å². The molecule has 0 aliphatic carbocycles. The molecular weight excluding hydrogens is 368 g/mol. The number of fused-ring (bicyclic) bond motifs is 1. The number of nitrogens with zero attached hydrogens (tertiary/aromatic N) is 4. The third-order valence-corrected chi connectivity index (χ3v) is 6.50. The molecule has 0 unspecified atom stereocenters. The molecule has 0 atom stereocenters. The van der Waals surface area contributed by atoms with E-state index in [0.717, 1.165) is 0 Å². The van der Waals surface area contributed by atoms with Crippen LogP contribution in [0.1, 0.15) is 0 Å². The molecule has 4 rings (SSSR count). The van der Waals surface area contributed by atoms with Crippen LogP contribution in [0.3, 0.4) is 0 Å². The van der Waals surface area contributed by atoms with E-state index in [2.05, 4.69) is 15.1 Å². The number of sulfone groups is 1. The molecule has 0 saturated heterocycles. The molecule has 26 heavy (non-hydrogen) atoms. The predicted octanol–water partition coefficient (Wildman–Crippen LogP) is 3.35. The Morgan fingerprint density at radius 3 is 2.38 bits per heavy atom. The summed E-state index contributed by atoms with van der Waals surface area (Å²) in [7, 11) is -3.75. The smallest absolute Gasteiger partial charge is 0.213 e. The van der Waals surface area contributed by atoms with Gasteiger partial charge in [-0.3, -0.25) is 4.98 Å². The van der Waals surface area contributed by atoms with Gasteiger partial charge in [-0.15, -0.1) is 11.8 Å². The molecule has 3 aromatic heterocycles. The lowest BCUT2D eigenvalue weighted by Crippen LogP contribution is -2.04. The molecule has 0 spiro atoms. The van der Waals surface area contributed by atoms with Crippen molar-refractivity contribution in [2.75, 3.05) is 6.26 Å². The van der Waals surface area contributed by atoms with Gasteiger partial charge in [0.2, 0.25) is 9.84 Å². The fraction of sp³-hybridized carbons (Fsp3) is 0.0556. The van der Waals surface area contributed by atoms with Crippen LogP contribution in [0.15, 0.2) is 81.8 Å². The summed E-state index contributed by atoms with van der Waals surface area (Å²) in [5, 5.41) is 4.90. The molecule has 0 radical (unpaired) electrons. The fourth-order valence-corrected chi connectivity index (χ4v) is 5.12. The predicted molar refractivity (Wildman–Crippen MR) is 99.9 cm³/mol. The molecular formula is C18H14N4O2S2. The van der Waals surface area contributed by atoms with E-state index in [1.165, 1.54) is 11.8 Å². The van der Waals surface area contributed by atoms with Gasteiger partial charge in [-0.25, -0.2) is 17.9 Å². The summed E-state index contributed by atoms with van der Waals surface area (Å²) in [6.07, 6.45) is 5.06. The average Bonchev–Trinajstić information content (AvgIpc) is 3.09. The zero-order valence-corrected chi connectivity index (χ0v) is 15.4. The number of hydrogen-bond donors (Lipinski definition) is 0. The van der Waals surface area contributed by atoms with Crippen LogP contribution in [0.25, 0.3) is 17.0 Å². The Balaban J connectivity index is 2.03. The van der Waals surface area contributed by atoms with Gasteiger partial charge in [0.1, 0.15) is 5.03 Å². The van der Waals surface area contributed by atoms with E-state index < -0.39 is 9.84 Å². The summed E-state index contributed by atoms with van der Waals surface area (Å²) in [6.45, 7) is 0. The van der Waals surface area contributed by atoms with Gasteiger partial charge >= 0.3 is 0 Å². The Labute approximate surface area is 154 Å². The lowest BCUT2D eigenvalue weighted by atomic mass is 10.2. The standard InChI is InChI=1S/C18H14N4O2S2/c1-25-18-16(26(23,24)13-7-3-2-4-8-13)17-20-12-10-15(22(17)21-18)14-9-5-6-11-19-14/h2-12H,1H3. The molecule has 0 aliphatic rings. The summed E-state index contributed by atoms with van der Waals surface area (Å²) in [4.78, 5) is 8.98. The van der Waals surface area contributed by atoms with Gasteiger partial charge in [0, 0.05) is 12.4 Å². The molecule has 0 aliphatic heterocycles. The van der Waals surface area contributed by atoms with Crippen LogP contribution >= 0.6 is 11.8 Å². The first-order chi connectivity index (χ1) is 12.6. The number of benzene rings is 1. The SMILES string of the molecule is CSc1nn2c(-c3ccccn3)ccnc2c1S(=O)(=O)c1ccccc1. The molecule has 6 nitrogen and oxygen atoms in total. The Hall–Kier alpha value is -2.71. The first-order valence-electron chi connectivity index (χ1n) is 7.76. The van der Waals surface area contributed by atoms with E-state index in [4.69, 9.17) is 0 Å². The number of hydrogen-bond acceptors (Lipinski definition) is 6. The largest absolute Gasteiger partial charge is 0.255 e. The number of rotatable bonds is 4. The highest BCUT2D eigenvalue weighted by Gasteiger charge is 2.29. The maximum atomic E-state index is 13.2. The minimum atomic E-state index is -3.75. The highest BCUT2D eigenvalue weighted by atomic mass is 32.2. The molecule has 8 heteroatoms. The van der Waals surface area contributed by atoms with E-state index >= 15 is 0 Å². The van der Waals surface area contributed by atoms with Crippen LogP contribution in [0.2, 0.25) is 0 Å². The third kappa shape index (κ3) is 2.67. The Morgan fingerprint density at radius 2 is 1.69 bits per heavy atom. The van der Waals surface area contributed by atoms with Gasteiger partial charge in [0.25, 0.3) is 0 Å². The molecule has 0 N–H and O–H groups in total. The van der Waals surface area contributed by atoms with E-state index in [1.807, 2.05) is 18.2 Å². The van der Waals surface area contributed by atoms with E-state index in [-0.39, 0.29) is 9.79 Å². The van der Waals surface area contributed by atoms with E-state index in [0.29, 0.717) is 22.1 Å². The monoisotopic (exact) mass is 382 g/mol. The maximum Gasteiger partial charge on any atom is 0.213 e. The van der Waals surface area contributed by atoms with Crippen LogP contribution < -0.4 is 0 Å². The van der Waals surface area contributed by atoms with E-state index in [1.54, 1.807) is 59.6 Å². The van der Waals surface area contributed by atoms with Crippen LogP contribution in [0.4, 0.5) is 0 Å². The van der Waals surface area contributed by atoms with Crippen LogP contribution in [-0.2, 0) is 9.84 Å². The van der Waals surface area contributed by atoms with Crippen molar-refractivity contribution in [1.82, 2.24) is 19.6 Å². The lowest BCUT2D eigenvalue weighted by Gasteiger charge is -2.05. The molecule has 0 bridgehead atoms. The normalized spacial score (nSPS) is 11.7. The first kappa shape index (κ1) is 16.7. The zero-order chi connectivity index (χ0) is 18.1. The Kier molecular flexibility index (Phi) is 4.21. The third-order valence-electron chi connectivity index (χ3n) is 3.89. The summed E-state index contributed by atoms with van der Waals surface area (Å²) in [5.74, 6) is 0. The number of pyridine rings is 1. The Morgan fingerprint density at radius 1 is 0.923 bits per heavy atom. The molecule has 4 aromatic rings. The van der Waals surface area contributed by atoms with Gasteiger partial charge < -0.3 is 0 Å². The fourth-order valence-electron chi connectivity index (χ4n) is 2.70. The quantitative estimate of drug-likeness (QED) is 0.504. The number of aromatic nitrogens is 4. The van der Waals surface area contributed by atoms with Crippen LogP contribution in [-0.4, -0.2) is 34.3 Å². The Bertz CT molecular complexity index is 1170. The summed E-state index contributed by atoms with van der Waals surface area (Å²) in [6, 6.07) is 15.6. The summed E-state index contributed by atoms with van der Waals surface area (Å²) >= 11 is 1.28. The van der Waals surface area contributed by atoms with Gasteiger partial charge in [0.15, 0.2) is 10.5 Å². The number of thioether (sulfide) groups is 1. The van der Waals surface area contributed by atoms with Crippen molar-refractivity contribution in [3.8, 4) is 11.4 Å². The maximum absolute atomic E-state index is 13.2. The second-order valence-corrected chi connectivity index (χ2v) is 8.12. The summed E-state index contributed by atoms with van der Waals surface area (Å²) < 4.78 is 28.0.